The molecule has 1 amide bonds. The fraction of sp³-hybridized carbons (Fsp3) is 0.941. The maximum Gasteiger partial charge on any atom is 0.220 e. The first kappa shape index (κ1) is 15.8. The number of hydrogen-bond acceptors (Lipinski definition) is 2. The van der Waals surface area contributed by atoms with Crippen molar-refractivity contribution in [1.29, 1.82) is 0 Å². The molecule has 0 aromatic heterocycles. The zero-order valence-electron chi connectivity index (χ0n) is 13.1. The van der Waals surface area contributed by atoms with Crippen molar-refractivity contribution in [1.82, 2.24) is 5.32 Å². The molecule has 0 aliphatic heterocycles. The van der Waals surface area contributed by atoms with E-state index >= 15 is 0 Å². The Kier molecular flexibility index (Phi) is 6.34. The van der Waals surface area contributed by atoms with Crippen molar-refractivity contribution in [3.05, 3.63) is 0 Å². The predicted octanol–water partition coefficient (Wildman–Crippen LogP) is 3.23. The van der Waals surface area contributed by atoms with Crippen LogP contribution in [0.5, 0.6) is 0 Å². The van der Waals surface area contributed by atoms with Gasteiger partial charge in [0.05, 0.1) is 0 Å². The minimum absolute atomic E-state index is 0.262. The van der Waals surface area contributed by atoms with Crippen molar-refractivity contribution in [2.45, 2.75) is 77.2 Å². The highest BCUT2D eigenvalue weighted by atomic mass is 16.1. The third-order valence-corrected chi connectivity index (χ3v) is 5.39. The molecule has 2 saturated carbocycles. The van der Waals surface area contributed by atoms with Crippen LogP contribution in [0.2, 0.25) is 0 Å². The molecular weight excluding hydrogens is 248 g/mol. The number of rotatable bonds is 5. The van der Waals surface area contributed by atoms with Crippen LogP contribution in [-0.2, 0) is 4.79 Å². The van der Waals surface area contributed by atoms with Gasteiger partial charge in [0.15, 0.2) is 0 Å². The molecule has 0 saturated heterocycles. The van der Waals surface area contributed by atoms with Gasteiger partial charge in [-0.25, -0.2) is 0 Å². The van der Waals surface area contributed by atoms with Crippen LogP contribution in [-0.4, -0.2) is 18.5 Å². The van der Waals surface area contributed by atoms with Gasteiger partial charge in [-0.05, 0) is 62.7 Å². The lowest BCUT2D eigenvalue weighted by Crippen LogP contribution is -2.32. The lowest BCUT2D eigenvalue weighted by Gasteiger charge is -2.27. The number of carbonyl (C=O) groups is 1. The molecule has 20 heavy (non-hydrogen) atoms. The van der Waals surface area contributed by atoms with E-state index in [1.807, 2.05) is 0 Å². The van der Waals surface area contributed by atoms with Gasteiger partial charge in [-0.2, -0.15) is 0 Å². The van der Waals surface area contributed by atoms with Crippen molar-refractivity contribution < 1.29 is 4.79 Å². The van der Waals surface area contributed by atoms with Crippen molar-refractivity contribution in [2.75, 3.05) is 6.54 Å². The summed E-state index contributed by atoms with van der Waals surface area (Å²) in [5, 5.41) is 3.15. The van der Waals surface area contributed by atoms with Gasteiger partial charge in [0.2, 0.25) is 5.91 Å². The van der Waals surface area contributed by atoms with Crippen LogP contribution >= 0.6 is 0 Å². The second-order valence-electron chi connectivity index (χ2n) is 7.25. The topological polar surface area (TPSA) is 55.1 Å². The summed E-state index contributed by atoms with van der Waals surface area (Å²) in [4.78, 5) is 11.9. The number of nitrogens with two attached hydrogens (primary N) is 1. The predicted molar refractivity (Wildman–Crippen MR) is 83.3 cm³/mol. The van der Waals surface area contributed by atoms with Crippen LogP contribution in [0.1, 0.15) is 71.1 Å². The van der Waals surface area contributed by atoms with E-state index in [1.54, 1.807) is 0 Å². The number of amides is 1. The summed E-state index contributed by atoms with van der Waals surface area (Å²) in [5.74, 6) is 2.61. The summed E-state index contributed by atoms with van der Waals surface area (Å²) in [5.41, 5.74) is 5.91. The fourth-order valence-corrected chi connectivity index (χ4v) is 3.69. The highest BCUT2D eigenvalue weighted by molar-refractivity contribution is 5.75. The second-order valence-corrected chi connectivity index (χ2v) is 7.25. The standard InChI is InChI=1S/C17H32N2O/c1-13-2-4-15(5-3-13)12-19-17(20)11-8-14-6-9-16(18)10-7-14/h13-16H,2-12,18H2,1H3,(H,19,20). The Hall–Kier alpha value is -0.570. The monoisotopic (exact) mass is 280 g/mol. The zero-order valence-corrected chi connectivity index (χ0v) is 13.1. The van der Waals surface area contributed by atoms with E-state index in [0.29, 0.717) is 12.5 Å². The van der Waals surface area contributed by atoms with Crippen LogP contribution in [0, 0.1) is 17.8 Å². The SMILES string of the molecule is CC1CCC(CNC(=O)CCC2CCC(N)CC2)CC1. The first-order chi connectivity index (χ1) is 9.63. The molecule has 116 valence electrons. The van der Waals surface area contributed by atoms with Gasteiger partial charge in [-0.1, -0.05) is 19.8 Å². The van der Waals surface area contributed by atoms with Crippen molar-refractivity contribution in [3.8, 4) is 0 Å². The number of hydrogen-bond donors (Lipinski definition) is 2. The molecule has 2 rings (SSSR count). The lowest BCUT2D eigenvalue weighted by atomic mass is 9.83. The third-order valence-electron chi connectivity index (χ3n) is 5.39. The summed E-state index contributed by atoms with van der Waals surface area (Å²) in [6.45, 7) is 3.24. The molecule has 2 fully saturated rings. The Balaban J connectivity index is 1.54. The van der Waals surface area contributed by atoms with Crippen LogP contribution in [0.25, 0.3) is 0 Å². The highest BCUT2D eigenvalue weighted by Gasteiger charge is 2.20. The van der Waals surface area contributed by atoms with Crippen LogP contribution in [0.3, 0.4) is 0 Å². The minimum atomic E-state index is 0.262. The van der Waals surface area contributed by atoms with E-state index in [4.69, 9.17) is 5.73 Å². The molecule has 2 aliphatic carbocycles. The lowest BCUT2D eigenvalue weighted by molar-refractivity contribution is -0.121. The first-order valence-electron chi connectivity index (χ1n) is 8.65. The first-order valence-corrected chi connectivity index (χ1v) is 8.65. The molecular formula is C17H32N2O. The highest BCUT2D eigenvalue weighted by Crippen LogP contribution is 2.28. The van der Waals surface area contributed by atoms with Crippen LogP contribution in [0.15, 0.2) is 0 Å². The Labute approximate surface area is 124 Å². The Bertz CT molecular complexity index is 261. The molecule has 0 heterocycles. The Morgan fingerprint density at radius 3 is 2.25 bits per heavy atom. The van der Waals surface area contributed by atoms with E-state index in [9.17, 15) is 4.79 Å². The van der Waals surface area contributed by atoms with Gasteiger partial charge in [0.1, 0.15) is 0 Å². The third kappa shape index (κ3) is 5.43. The van der Waals surface area contributed by atoms with Gasteiger partial charge < -0.3 is 11.1 Å². The van der Waals surface area contributed by atoms with Gasteiger partial charge in [-0.15, -0.1) is 0 Å². The summed E-state index contributed by atoms with van der Waals surface area (Å²) >= 11 is 0. The fourth-order valence-electron chi connectivity index (χ4n) is 3.69. The van der Waals surface area contributed by atoms with Gasteiger partial charge in [0.25, 0.3) is 0 Å². The molecule has 0 unspecified atom stereocenters. The molecule has 3 heteroatoms. The Morgan fingerprint density at radius 1 is 1.00 bits per heavy atom. The van der Waals surface area contributed by atoms with E-state index in [0.717, 1.165) is 43.6 Å². The average Bonchev–Trinajstić information content (AvgIpc) is 2.46. The van der Waals surface area contributed by atoms with E-state index in [1.165, 1.54) is 38.5 Å². The molecule has 3 N–H and O–H groups in total. The van der Waals surface area contributed by atoms with E-state index in [2.05, 4.69) is 12.2 Å². The largest absolute Gasteiger partial charge is 0.356 e. The summed E-state index contributed by atoms with van der Waals surface area (Å²) in [7, 11) is 0. The van der Waals surface area contributed by atoms with Crippen molar-refractivity contribution in [2.24, 2.45) is 23.5 Å². The van der Waals surface area contributed by atoms with Gasteiger partial charge >= 0.3 is 0 Å². The van der Waals surface area contributed by atoms with E-state index < -0.39 is 0 Å². The normalized spacial score (nSPS) is 34.7. The minimum Gasteiger partial charge on any atom is -0.356 e. The smallest absolute Gasteiger partial charge is 0.220 e. The maximum atomic E-state index is 11.9. The molecule has 2 aliphatic rings. The molecule has 0 bridgehead atoms. The average molecular weight is 280 g/mol. The van der Waals surface area contributed by atoms with E-state index in [-0.39, 0.29) is 5.91 Å². The number of carbonyl (C=O) groups excluding carboxylic acids is 1. The molecule has 0 spiro atoms. The van der Waals surface area contributed by atoms with Gasteiger partial charge in [0, 0.05) is 19.0 Å². The van der Waals surface area contributed by atoms with Crippen LogP contribution in [0.4, 0.5) is 0 Å². The van der Waals surface area contributed by atoms with Crippen molar-refractivity contribution in [3.63, 3.8) is 0 Å². The number of nitrogens with one attached hydrogen (secondary N) is 1. The van der Waals surface area contributed by atoms with Gasteiger partial charge in [-0.3, -0.25) is 4.79 Å². The Morgan fingerprint density at radius 2 is 1.60 bits per heavy atom. The zero-order chi connectivity index (χ0) is 14.4. The molecule has 0 aromatic carbocycles. The molecule has 3 nitrogen and oxygen atoms in total. The molecule has 0 radical (unpaired) electrons. The summed E-state index contributed by atoms with van der Waals surface area (Å²) < 4.78 is 0. The summed E-state index contributed by atoms with van der Waals surface area (Å²) in [6.07, 6.45) is 11.8. The summed E-state index contributed by atoms with van der Waals surface area (Å²) in [6, 6.07) is 0.411. The molecule has 0 atom stereocenters. The molecule has 0 aromatic rings. The van der Waals surface area contributed by atoms with Crippen molar-refractivity contribution >= 4 is 5.91 Å². The quantitative estimate of drug-likeness (QED) is 0.812. The van der Waals surface area contributed by atoms with Crippen LogP contribution < -0.4 is 11.1 Å². The second kappa shape index (κ2) is 8.02. The maximum absolute atomic E-state index is 11.9.